The molecule has 0 unspecified atom stereocenters. The van der Waals surface area contributed by atoms with E-state index in [4.69, 9.17) is 11.5 Å². The summed E-state index contributed by atoms with van der Waals surface area (Å²) in [6.07, 6.45) is 5.07. The van der Waals surface area contributed by atoms with Gasteiger partial charge >= 0.3 is 0 Å². The monoisotopic (exact) mass is 270 g/mol. The number of fused-ring (bicyclic) bond motifs is 1. The van der Waals surface area contributed by atoms with Gasteiger partial charge in [0.15, 0.2) is 17.0 Å². The number of anilines is 3. The second kappa shape index (κ2) is 4.74. The molecule has 0 bridgehead atoms. The Balaban J connectivity index is 2.05. The van der Waals surface area contributed by atoms with Gasteiger partial charge in [-0.15, -0.1) is 0 Å². The van der Waals surface area contributed by atoms with Crippen LogP contribution in [0.1, 0.15) is 5.56 Å². The van der Waals surface area contributed by atoms with Crippen LogP contribution in [0.15, 0.2) is 24.8 Å². The number of nitrogens with zero attached hydrogens (tertiary/aromatic N) is 5. The van der Waals surface area contributed by atoms with Crippen molar-refractivity contribution in [3.05, 3.63) is 30.4 Å². The molecule has 8 heteroatoms. The van der Waals surface area contributed by atoms with Crippen LogP contribution in [0.2, 0.25) is 0 Å². The maximum Gasteiger partial charge on any atom is 0.224 e. The maximum atomic E-state index is 5.72. The highest BCUT2D eigenvalue weighted by atomic mass is 15.2. The summed E-state index contributed by atoms with van der Waals surface area (Å²) in [6.45, 7) is 0.424. The standard InChI is InChI=1S/C12H14N8/c1-20-6-16-9-10(18-12(14)19-11(9)20)17-8-2-7(3-13)4-15-5-8/h2,4-6H,3,13H2,1H3,(H3,14,17,18,19). The lowest BCUT2D eigenvalue weighted by atomic mass is 10.2. The summed E-state index contributed by atoms with van der Waals surface area (Å²) >= 11 is 0. The van der Waals surface area contributed by atoms with E-state index in [-0.39, 0.29) is 5.95 Å². The topological polar surface area (TPSA) is 121 Å². The number of nitrogens with two attached hydrogens (primary N) is 2. The van der Waals surface area contributed by atoms with Crippen LogP contribution in [-0.4, -0.2) is 24.5 Å². The molecule has 0 saturated heterocycles. The van der Waals surface area contributed by atoms with Gasteiger partial charge in [0.2, 0.25) is 5.95 Å². The Morgan fingerprint density at radius 2 is 2.15 bits per heavy atom. The first-order chi connectivity index (χ1) is 9.67. The molecule has 0 amide bonds. The zero-order valence-electron chi connectivity index (χ0n) is 10.9. The number of aryl methyl sites for hydroxylation is 1. The molecule has 102 valence electrons. The molecule has 5 N–H and O–H groups in total. The highest BCUT2D eigenvalue weighted by molar-refractivity contribution is 5.86. The van der Waals surface area contributed by atoms with Gasteiger partial charge in [-0.3, -0.25) is 4.98 Å². The van der Waals surface area contributed by atoms with Crippen molar-refractivity contribution in [2.75, 3.05) is 11.1 Å². The van der Waals surface area contributed by atoms with Crippen molar-refractivity contribution in [3.63, 3.8) is 0 Å². The predicted octanol–water partition coefficient (Wildman–Crippen LogP) is 0.543. The molecule has 20 heavy (non-hydrogen) atoms. The van der Waals surface area contributed by atoms with E-state index in [1.807, 2.05) is 13.1 Å². The summed E-state index contributed by atoms with van der Waals surface area (Å²) in [4.78, 5) is 16.7. The van der Waals surface area contributed by atoms with Crippen LogP contribution in [0.4, 0.5) is 17.5 Å². The fraction of sp³-hybridized carbons (Fsp3) is 0.167. The SMILES string of the molecule is Cn1cnc2c(Nc3cncc(CN)c3)nc(N)nc21. The Morgan fingerprint density at radius 1 is 1.30 bits per heavy atom. The number of imidazole rings is 1. The number of hydrogen-bond donors (Lipinski definition) is 3. The van der Waals surface area contributed by atoms with Gasteiger partial charge in [0, 0.05) is 19.8 Å². The molecule has 0 radical (unpaired) electrons. The fourth-order valence-corrected chi connectivity index (χ4v) is 1.92. The summed E-state index contributed by atoms with van der Waals surface area (Å²) in [6, 6.07) is 1.90. The zero-order chi connectivity index (χ0) is 14.1. The molecule has 3 heterocycles. The molecule has 3 aromatic rings. The van der Waals surface area contributed by atoms with Crippen LogP contribution in [0.5, 0.6) is 0 Å². The highest BCUT2D eigenvalue weighted by Gasteiger charge is 2.11. The molecule has 8 nitrogen and oxygen atoms in total. The minimum atomic E-state index is 0.187. The lowest BCUT2D eigenvalue weighted by molar-refractivity contribution is 0.930. The first-order valence-corrected chi connectivity index (χ1v) is 6.03. The summed E-state index contributed by atoms with van der Waals surface area (Å²) in [5.74, 6) is 0.732. The van der Waals surface area contributed by atoms with E-state index < -0.39 is 0 Å². The first kappa shape index (κ1) is 12.3. The number of pyridine rings is 1. The Hall–Kier alpha value is -2.74. The zero-order valence-corrected chi connectivity index (χ0v) is 10.9. The lowest BCUT2D eigenvalue weighted by Gasteiger charge is -2.07. The number of aromatic nitrogens is 5. The third kappa shape index (κ3) is 2.12. The van der Waals surface area contributed by atoms with Crippen molar-refractivity contribution >= 4 is 28.6 Å². The summed E-state index contributed by atoms with van der Waals surface area (Å²) in [5.41, 5.74) is 14.3. The molecule has 0 aromatic carbocycles. The number of rotatable bonds is 3. The molecule has 0 saturated carbocycles. The molecule has 0 fully saturated rings. The second-order valence-electron chi connectivity index (χ2n) is 4.37. The fourth-order valence-electron chi connectivity index (χ4n) is 1.92. The van der Waals surface area contributed by atoms with E-state index in [0.717, 1.165) is 11.3 Å². The highest BCUT2D eigenvalue weighted by Crippen LogP contribution is 2.22. The number of nitrogens with one attached hydrogen (secondary N) is 1. The molecular weight excluding hydrogens is 256 g/mol. The normalized spacial score (nSPS) is 10.9. The van der Waals surface area contributed by atoms with Crippen LogP contribution in [0.3, 0.4) is 0 Å². The summed E-state index contributed by atoms with van der Waals surface area (Å²) in [7, 11) is 1.85. The van der Waals surface area contributed by atoms with E-state index in [0.29, 0.717) is 23.5 Å². The molecule has 0 aliphatic heterocycles. The molecule has 3 aromatic heterocycles. The summed E-state index contributed by atoms with van der Waals surface area (Å²) in [5, 5.41) is 3.15. The van der Waals surface area contributed by atoms with Crippen LogP contribution in [0, 0.1) is 0 Å². The van der Waals surface area contributed by atoms with Crippen LogP contribution in [-0.2, 0) is 13.6 Å². The minimum Gasteiger partial charge on any atom is -0.368 e. The molecule has 0 spiro atoms. The Bertz CT molecular complexity index is 763. The van der Waals surface area contributed by atoms with Crippen molar-refractivity contribution in [1.82, 2.24) is 24.5 Å². The van der Waals surface area contributed by atoms with Gasteiger partial charge in [-0.05, 0) is 11.6 Å². The van der Waals surface area contributed by atoms with Gasteiger partial charge < -0.3 is 21.4 Å². The molecule has 0 aliphatic rings. The van der Waals surface area contributed by atoms with E-state index in [1.54, 1.807) is 23.3 Å². The number of nitrogen functional groups attached to an aromatic ring is 1. The van der Waals surface area contributed by atoms with Gasteiger partial charge in [-0.2, -0.15) is 9.97 Å². The van der Waals surface area contributed by atoms with Crippen LogP contribution >= 0.6 is 0 Å². The average molecular weight is 270 g/mol. The Labute approximate surface area is 114 Å². The van der Waals surface area contributed by atoms with E-state index in [1.165, 1.54) is 0 Å². The second-order valence-corrected chi connectivity index (χ2v) is 4.37. The van der Waals surface area contributed by atoms with Crippen molar-refractivity contribution in [3.8, 4) is 0 Å². The van der Waals surface area contributed by atoms with Crippen molar-refractivity contribution in [2.45, 2.75) is 6.54 Å². The average Bonchev–Trinajstić information content (AvgIpc) is 2.81. The quantitative estimate of drug-likeness (QED) is 0.635. The van der Waals surface area contributed by atoms with Crippen molar-refractivity contribution in [2.24, 2.45) is 12.8 Å². The van der Waals surface area contributed by atoms with Crippen LogP contribution in [0.25, 0.3) is 11.2 Å². The first-order valence-electron chi connectivity index (χ1n) is 6.03. The smallest absolute Gasteiger partial charge is 0.224 e. The lowest BCUT2D eigenvalue weighted by Crippen LogP contribution is -2.03. The Morgan fingerprint density at radius 3 is 2.95 bits per heavy atom. The molecule has 3 rings (SSSR count). The summed E-state index contributed by atoms with van der Waals surface area (Å²) < 4.78 is 1.78. The predicted molar refractivity (Wildman–Crippen MR) is 76.1 cm³/mol. The third-order valence-corrected chi connectivity index (χ3v) is 2.87. The maximum absolute atomic E-state index is 5.72. The van der Waals surface area contributed by atoms with Crippen molar-refractivity contribution in [1.29, 1.82) is 0 Å². The molecule has 0 atom stereocenters. The van der Waals surface area contributed by atoms with Gasteiger partial charge in [-0.25, -0.2) is 4.98 Å². The van der Waals surface area contributed by atoms with Gasteiger partial charge in [-0.1, -0.05) is 0 Å². The largest absolute Gasteiger partial charge is 0.368 e. The van der Waals surface area contributed by atoms with E-state index in [9.17, 15) is 0 Å². The van der Waals surface area contributed by atoms with Gasteiger partial charge in [0.1, 0.15) is 0 Å². The van der Waals surface area contributed by atoms with Gasteiger partial charge in [0.05, 0.1) is 18.2 Å². The van der Waals surface area contributed by atoms with E-state index in [2.05, 4.69) is 25.3 Å². The minimum absolute atomic E-state index is 0.187. The number of hydrogen-bond acceptors (Lipinski definition) is 7. The van der Waals surface area contributed by atoms with Crippen LogP contribution < -0.4 is 16.8 Å². The van der Waals surface area contributed by atoms with E-state index >= 15 is 0 Å². The molecular formula is C12H14N8. The molecule has 0 aliphatic carbocycles. The Kier molecular flexibility index (Phi) is 2.92. The third-order valence-electron chi connectivity index (χ3n) is 2.87. The van der Waals surface area contributed by atoms with Gasteiger partial charge in [0.25, 0.3) is 0 Å². The van der Waals surface area contributed by atoms with Crippen molar-refractivity contribution < 1.29 is 0 Å².